The van der Waals surface area contributed by atoms with Crippen molar-refractivity contribution in [1.29, 1.82) is 0 Å². The Labute approximate surface area is 108 Å². The zero-order valence-electron chi connectivity index (χ0n) is 10.1. The van der Waals surface area contributed by atoms with Gasteiger partial charge in [0.2, 0.25) is 5.91 Å². The van der Waals surface area contributed by atoms with Crippen molar-refractivity contribution < 1.29 is 13.6 Å². The highest BCUT2D eigenvalue weighted by molar-refractivity contribution is 5.78. The van der Waals surface area contributed by atoms with Gasteiger partial charge in [-0.25, -0.2) is 13.8 Å². The van der Waals surface area contributed by atoms with E-state index in [1.54, 1.807) is 12.5 Å². The summed E-state index contributed by atoms with van der Waals surface area (Å²) in [4.78, 5) is 18.3. The molecule has 0 spiro atoms. The first-order valence-electron chi connectivity index (χ1n) is 5.83. The van der Waals surface area contributed by atoms with Gasteiger partial charge in [-0.3, -0.25) is 4.79 Å². The van der Waals surface area contributed by atoms with Gasteiger partial charge >= 0.3 is 0 Å². The first kappa shape index (κ1) is 13.2. The Bertz CT molecular complexity index is 555. The van der Waals surface area contributed by atoms with Gasteiger partial charge in [0, 0.05) is 30.4 Å². The van der Waals surface area contributed by atoms with Crippen molar-refractivity contribution >= 4 is 5.91 Å². The Morgan fingerprint density at radius 3 is 2.95 bits per heavy atom. The highest BCUT2D eigenvalue weighted by Gasteiger charge is 2.11. The van der Waals surface area contributed by atoms with Crippen LogP contribution in [0.15, 0.2) is 30.7 Å². The van der Waals surface area contributed by atoms with Crippen molar-refractivity contribution in [3.05, 3.63) is 53.6 Å². The lowest BCUT2D eigenvalue weighted by Gasteiger charge is -2.05. The maximum Gasteiger partial charge on any atom is 0.224 e. The van der Waals surface area contributed by atoms with E-state index in [0.717, 1.165) is 11.8 Å². The predicted octanol–water partition coefficient (Wildman–Crippen LogP) is 1.59. The number of amides is 1. The number of benzene rings is 1. The van der Waals surface area contributed by atoms with Crippen LogP contribution in [0.25, 0.3) is 0 Å². The molecule has 0 fully saturated rings. The fourth-order valence-electron chi connectivity index (χ4n) is 1.68. The van der Waals surface area contributed by atoms with Gasteiger partial charge in [0.05, 0.1) is 12.7 Å². The summed E-state index contributed by atoms with van der Waals surface area (Å²) >= 11 is 0. The molecule has 0 saturated heterocycles. The third-order valence-electron chi connectivity index (χ3n) is 2.65. The minimum Gasteiger partial charge on any atom is -0.355 e. The van der Waals surface area contributed by atoms with Crippen LogP contribution in [0.2, 0.25) is 0 Å². The highest BCUT2D eigenvalue weighted by Crippen LogP contribution is 2.11. The van der Waals surface area contributed by atoms with Gasteiger partial charge in [-0.1, -0.05) is 12.1 Å². The minimum absolute atomic E-state index is 0.0547. The first-order valence-corrected chi connectivity index (χ1v) is 5.83. The van der Waals surface area contributed by atoms with Crippen molar-refractivity contribution in [3.8, 4) is 0 Å². The number of nitrogens with one attached hydrogen (secondary N) is 2. The maximum absolute atomic E-state index is 13.3. The predicted molar refractivity (Wildman–Crippen MR) is 65.4 cm³/mol. The van der Waals surface area contributed by atoms with E-state index in [1.807, 2.05) is 0 Å². The summed E-state index contributed by atoms with van der Waals surface area (Å²) in [7, 11) is 0. The Morgan fingerprint density at radius 2 is 2.21 bits per heavy atom. The molecule has 0 saturated carbocycles. The molecule has 2 rings (SSSR count). The Morgan fingerprint density at radius 1 is 1.37 bits per heavy atom. The van der Waals surface area contributed by atoms with E-state index in [2.05, 4.69) is 15.3 Å². The van der Waals surface area contributed by atoms with Crippen LogP contribution < -0.4 is 5.32 Å². The molecule has 2 aromatic rings. The number of carbonyl (C=O) groups excluding carboxylic acids is 1. The molecule has 0 aliphatic heterocycles. The number of carbonyl (C=O) groups is 1. The summed E-state index contributed by atoms with van der Waals surface area (Å²) in [6.07, 6.45) is 3.65. The molecule has 0 bridgehead atoms. The van der Waals surface area contributed by atoms with Crippen LogP contribution in [-0.2, 0) is 17.6 Å². The lowest BCUT2D eigenvalue weighted by molar-refractivity contribution is -0.120. The van der Waals surface area contributed by atoms with Gasteiger partial charge in [-0.15, -0.1) is 0 Å². The monoisotopic (exact) mass is 265 g/mol. The van der Waals surface area contributed by atoms with Crippen molar-refractivity contribution in [2.45, 2.75) is 12.8 Å². The standard InChI is InChI=1S/C13H13F2N3O/c14-11-3-1-2-9(13(11)15)6-12(19)17-5-4-10-7-16-8-18-10/h1-3,7-8H,4-6H2,(H,16,18)(H,17,19). The Hall–Kier alpha value is -2.24. The highest BCUT2D eigenvalue weighted by atomic mass is 19.2. The zero-order chi connectivity index (χ0) is 13.7. The molecule has 1 aromatic carbocycles. The molecule has 0 aliphatic rings. The number of nitrogens with zero attached hydrogens (tertiary/aromatic N) is 1. The largest absolute Gasteiger partial charge is 0.355 e. The van der Waals surface area contributed by atoms with E-state index in [1.165, 1.54) is 12.1 Å². The number of hydrogen-bond donors (Lipinski definition) is 2. The summed E-state index contributed by atoms with van der Waals surface area (Å²) < 4.78 is 26.3. The molecule has 100 valence electrons. The second-order valence-corrected chi connectivity index (χ2v) is 4.07. The molecule has 0 radical (unpaired) electrons. The summed E-state index contributed by atoms with van der Waals surface area (Å²) in [5.74, 6) is -2.25. The molecular weight excluding hydrogens is 252 g/mol. The van der Waals surface area contributed by atoms with Crippen molar-refractivity contribution in [3.63, 3.8) is 0 Å². The average Bonchev–Trinajstić information content (AvgIpc) is 2.88. The number of hydrogen-bond acceptors (Lipinski definition) is 2. The van der Waals surface area contributed by atoms with Gasteiger partial charge < -0.3 is 10.3 Å². The van der Waals surface area contributed by atoms with Crippen LogP contribution in [0.3, 0.4) is 0 Å². The smallest absolute Gasteiger partial charge is 0.224 e. The third-order valence-corrected chi connectivity index (χ3v) is 2.65. The minimum atomic E-state index is -0.966. The van der Waals surface area contributed by atoms with E-state index < -0.39 is 11.6 Å². The van der Waals surface area contributed by atoms with E-state index in [0.29, 0.717) is 13.0 Å². The van der Waals surface area contributed by atoms with Crippen LogP contribution in [-0.4, -0.2) is 22.4 Å². The quantitative estimate of drug-likeness (QED) is 0.862. The lowest BCUT2D eigenvalue weighted by Crippen LogP contribution is -2.27. The number of aromatic amines is 1. The molecule has 19 heavy (non-hydrogen) atoms. The summed E-state index contributed by atoms with van der Waals surface area (Å²) in [5.41, 5.74) is 0.955. The van der Waals surface area contributed by atoms with E-state index in [4.69, 9.17) is 0 Å². The lowest BCUT2D eigenvalue weighted by atomic mass is 10.1. The molecule has 6 heteroatoms. The molecule has 1 heterocycles. The summed E-state index contributed by atoms with van der Waals surface area (Å²) in [5, 5.41) is 2.64. The average molecular weight is 265 g/mol. The molecule has 4 nitrogen and oxygen atoms in total. The fraction of sp³-hybridized carbons (Fsp3) is 0.231. The van der Waals surface area contributed by atoms with Gasteiger partial charge in [-0.05, 0) is 6.07 Å². The number of rotatable bonds is 5. The Kier molecular flexibility index (Phi) is 4.22. The number of H-pyrrole nitrogens is 1. The topological polar surface area (TPSA) is 57.8 Å². The maximum atomic E-state index is 13.3. The SMILES string of the molecule is O=C(Cc1cccc(F)c1F)NCCc1cnc[nH]1. The molecule has 1 amide bonds. The molecule has 0 atom stereocenters. The second-order valence-electron chi connectivity index (χ2n) is 4.07. The first-order chi connectivity index (χ1) is 9.16. The van der Waals surface area contributed by atoms with Crippen LogP contribution in [0.5, 0.6) is 0 Å². The molecule has 2 N–H and O–H groups in total. The van der Waals surface area contributed by atoms with Crippen LogP contribution >= 0.6 is 0 Å². The zero-order valence-corrected chi connectivity index (χ0v) is 10.1. The van der Waals surface area contributed by atoms with E-state index >= 15 is 0 Å². The Balaban J connectivity index is 1.82. The molecule has 1 aromatic heterocycles. The van der Waals surface area contributed by atoms with Gasteiger partial charge in [-0.2, -0.15) is 0 Å². The van der Waals surface area contributed by atoms with Crippen LogP contribution in [0.4, 0.5) is 8.78 Å². The molecule has 0 unspecified atom stereocenters. The molecule has 0 aliphatic carbocycles. The van der Waals surface area contributed by atoms with E-state index in [-0.39, 0.29) is 17.9 Å². The van der Waals surface area contributed by atoms with Gasteiger partial charge in [0.25, 0.3) is 0 Å². The number of imidazole rings is 1. The van der Waals surface area contributed by atoms with Crippen molar-refractivity contribution in [2.75, 3.05) is 6.54 Å². The third kappa shape index (κ3) is 3.61. The summed E-state index contributed by atoms with van der Waals surface area (Å²) in [6.45, 7) is 0.415. The second kappa shape index (κ2) is 6.08. The van der Waals surface area contributed by atoms with Gasteiger partial charge in [0.15, 0.2) is 11.6 Å². The van der Waals surface area contributed by atoms with Crippen molar-refractivity contribution in [1.82, 2.24) is 15.3 Å². The van der Waals surface area contributed by atoms with E-state index in [9.17, 15) is 13.6 Å². The fourth-order valence-corrected chi connectivity index (χ4v) is 1.68. The normalized spacial score (nSPS) is 10.4. The number of halogens is 2. The van der Waals surface area contributed by atoms with Crippen LogP contribution in [0, 0.1) is 11.6 Å². The van der Waals surface area contributed by atoms with Crippen LogP contribution in [0.1, 0.15) is 11.3 Å². The van der Waals surface area contributed by atoms with Crippen molar-refractivity contribution in [2.24, 2.45) is 0 Å². The van der Waals surface area contributed by atoms with Gasteiger partial charge in [0.1, 0.15) is 0 Å². The number of aromatic nitrogens is 2. The molecular formula is C13H13F2N3O. The summed E-state index contributed by atoms with van der Waals surface area (Å²) in [6, 6.07) is 3.80.